The summed E-state index contributed by atoms with van der Waals surface area (Å²) in [6, 6.07) is 21.0. The summed E-state index contributed by atoms with van der Waals surface area (Å²) in [5.74, 6) is 0.860. The first kappa shape index (κ1) is 14.5. The van der Waals surface area contributed by atoms with Crippen molar-refractivity contribution in [2.24, 2.45) is 0 Å². The van der Waals surface area contributed by atoms with Crippen LogP contribution in [0.2, 0.25) is 0 Å². The molecular weight excluding hydrogens is 296 g/mol. The molecule has 24 heavy (non-hydrogen) atoms. The average molecular weight is 314 g/mol. The fraction of sp³-hybridized carbons (Fsp3) is 0.0952. The monoisotopic (exact) mass is 314 g/mol. The van der Waals surface area contributed by atoms with Gasteiger partial charge in [0.15, 0.2) is 0 Å². The van der Waals surface area contributed by atoms with Gasteiger partial charge in [0.2, 0.25) is 0 Å². The zero-order valence-corrected chi connectivity index (χ0v) is 13.7. The molecule has 0 N–H and O–H groups in total. The molecule has 0 aliphatic heterocycles. The first-order valence-electron chi connectivity index (χ1n) is 7.93. The lowest BCUT2D eigenvalue weighted by Crippen LogP contribution is -1.97. The number of nitrogens with zero attached hydrogens (tertiary/aromatic N) is 2. The van der Waals surface area contributed by atoms with Gasteiger partial charge < -0.3 is 9.30 Å². The van der Waals surface area contributed by atoms with Crippen LogP contribution < -0.4 is 4.74 Å². The fourth-order valence-electron chi connectivity index (χ4n) is 2.99. The predicted octanol–water partition coefficient (Wildman–Crippen LogP) is 5.01. The lowest BCUT2D eigenvalue weighted by Gasteiger charge is -2.12. The first-order chi connectivity index (χ1) is 11.8. The van der Waals surface area contributed by atoms with E-state index in [2.05, 4.69) is 58.9 Å². The summed E-state index contributed by atoms with van der Waals surface area (Å²) < 4.78 is 7.53. The number of fused-ring (bicyclic) bond motifs is 1. The molecule has 0 atom stereocenters. The van der Waals surface area contributed by atoms with E-state index in [1.165, 1.54) is 10.9 Å². The van der Waals surface area contributed by atoms with Crippen molar-refractivity contribution in [1.82, 2.24) is 9.55 Å². The van der Waals surface area contributed by atoms with Gasteiger partial charge in [-0.25, -0.2) is 0 Å². The summed E-state index contributed by atoms with van der Waals surface area (Å²) in [6.07, 6.45) is 3.75. The van der Waals surface area contributed by atoms with Gasteiger partial charge in [-0.2, -0.15) is 0 Å². The van der Waals surface area contributed by atoms with Crippen LogP contribution in [-0.2, 0) is 0 Å². The number of rotatable bonds is 3. The summed E-state index contributed by atoms with van der Waals surface area (Å²) in [6.45, 7) is 2.10. The average Bonchev–Trinajstić information content (AvgIpc) is 3.02. The minimum atomic E-state index is 0.860. The molecule has 0 amide bonds. The van der Waals surface area contributed by atoms with Crippen LogP contribution in [0.3, 0.4) is 0 Å². The van der Waals surface area contributed by atoms with Crippen LogP contribution in [0, 0.1) is 6.92 Å². The highest BCUT2D eigenvalue weighted by Crippen LogP contribution is 2.32. The van der Waals surface area contributed by atoms with Crippen molar-refractivity contribution in [1.29, 1.82) is 0 Å². The number of aromatic nitrogens is 2. The number of aryl methyl sites for hydroxylation is 1. The first-order valence-corrected chi connectivity index (χ1v) is 7.93. The summed E-state index contributed by atoms with van der Waals surface area (Å²) in [7, 11) is 1.68. The molecule has 3 heteroatoms. The second kappa shape index (κ2) is 5.85. The van der Waals surface area contributed by atoms with E-state index in [0.29, 0.717) is 0 Å². The molecule has 0 saturated heterocycles. The molecule has 118 valence electrons. The van der Waals surface area contributed by atoms with Crippen molar-refractivity contribution in [3.05, 3.63) is 78.6 Å². The maximum absolute atomic E-state index is 5.28. The number of hydrogen-bond donors (Lipinski definition) is 0. The van der Waals surface area contributed by atoms with E-state index in [0.717, 1.165) is 28.2 Å². The van der Waals surface area contributed by atoms with Gasteiger partial charge in [-0.05, 0) is 61.0 Å². The van der Waals surface area contributed by atoms with Crippen molar-refractivity contribution in [3.63, 3.8) is 0 Å². The van der Waals surface area contributed by atoms with Gasteiger partial charge in [-0.15, -0.1) is 0 Å². The van der Waals surface area contributed by atoms with E-state index in [9.17, 15) is 0 Å². The molecule has 4 aromatic rings. The topological polar surface area (TPSA) is 27.1 Å². The number of ether oxygens (including phenoxy) is 1. The minimum Gasteiger partial charge on any atom is -0.497 e. The number of hydrogen-bond acceptors (Lipinski definition) is 2. The normalized spacial score (nSPS) is 10.9. The van der Waals surface area contributed by atoms with E-state index in [1.807, 2.05) is 30.6 Å². The molecule has 0 saturated carbocycles. The fourth-order valence-corrected chi connectivity index (χ4v) is 2.99. The molecule has 0 unspecified atom stereocenters. The van der Waals surface area contributed by atoms with E-state index in [1.54, 1.807) is 7.11 Å². The lowest BCUT2D eigenvalue weighted by atomic mass is 10.1. The Morgan fingerprint density at radius 3 is 2.38 bits per heavy atom. The maximum Gasteiger partial charge on any atom is 0.118 e. The van der Waals surface area contributed by atoms with Gasteiger partial charge in [0, 0.05) is 17.3 Å². The summed E-state index contributed by atoms with van der Waals surface area (Å²) in [4.78, 5) is 4.31. The Labute approximate surface area is 141 Å². The molecule has 0 aliphatic carbocycles. The Morgan fingerprint density at radius 1 is 0.917 bits per heavy atom. The highest BCUT2D eigenvalue weighted by molar-refractivity contribution is 5.88. The van der Waals surface area contributed by atoms with Gasteiger partial charge in [0.05, 0.1) is 24.5 Å². The standard InChI is InChI=1S/C21H18N2O/c1-15-3-7-18(8-4-15)23-20(13-17-11-12-22-14-21(17)23)16-5-9-19(24-2)10-6-16/h3-14H,1-2H3. The molecule has 0 aliphatic rings. The van der Waals surface area contributed by atoms with Gasteiger partial charge >= 0.3 is 0 Å². The molecule has 2 aromatic carbocycles. The Kier molecular flexibility index (Phi) is 3.54. The molecule has 0 bridgehead atoms. The second-order valence-electron chi connectivity index (χ2n) is 5.86. The Balaban J connectivity index is 1.97. The van der Waals surface area contributed by atoms with Crippen LogP contribution in [0.25, 0.3) is 27.8 Å². The molecule has 4 rings (SSSR count). The van der Waals surface area contributed by atoms with Crippen LogP contribution in [0.15, 0.2) is 73.1 Å². The molecule has 0 spiro atoms. The van der Waals surface area contributed by atoms with Crippen molar-refractivity contribution in [3.8, 4) is 22.7 Å². The zero-order valence-electron chi connectivity index (χ0n) is 13.7. The summed E-state index contributed by atoms with van der Waals surface area (Å²) in [5, 5.41) is 1.18. The third-order valence-corrected chi connectivity index (χ3v) is 4.28. The van der Waals surface area contributed by atoms with E-state index in [4.69, 9.17) is 4.74 Å². The van der Waals surface area contributed by atoms with Crippen LogP contribution in [-0.4, -0.2) is 16.7 Å². The molecular formula is C21H18N2O. The molecule has 0 fully saturated rings. The molecule has 3 nitrogen and oxygen atoms in total. The highest BCUT2D eigenvalue weighted by Gasteiger charge is 2.12. The Hall–Kier alpha value is -3.07. The zero-order chi connectivity index (χ0) is 16.5. The number of benzene rings is 2. The quantitative estimate of drug-likeness (QED) is 0.531. The number of pyridine rings is 1. The highest BCUT2D eigenvalue weighted by atomic mass is 16.5. The summed E-state index contributed by atoms with van der Waals surface area (Å²) >= 11 is 0. The van der Waals surface area contributed by atoms with Crippen molar-refractivity contribution in [2.45, 2.75) is 6.92 Å². The lowest BCUT2D eigenvalue weighted by molar-refractivity contribution is 0.415. The van der Waals surface area contributed by atoms with Crippen molar-refractivity contribution >= 4 is 10.9 Å². The molecule has 0 radical (unpaired) electrons. The van der Waals surface area contributed by atoms with Gasteiger partial charge in [-0.1, -0.05) is 17.7 Å². The Bertz CT molecular complexity index is 983. The van der Waals surface area contributed by atoms with E-state index < -0.39 is 0 Å². The van der Waals surface area contributed by atoms with Crippen LogP contribution >= 0.6 is 0 Å². The second-order valence-corrected chi connectivity index (χ2v) is 5.86. The molecule has 2 aromatic heterocycles. The van der Waals surface area contributed by atoms with Crippen LogP contribution in [0.4, 0.5) is 0 Å². The minimum absolute atomic E-state index is 0.860. The third kappa shape index (κ3) is 2.44. The smallest absolute Gasteiger partial charge is 0.118 e. The third-order valence-electron chi connectivity index (χ3n) is 4.28. The Morgan fingerprint density at radius 2 is 1.67 bits per heavy atom. The van der Waals surface area contributed by atoms with Crippen LogP contribution in [0.1, 0.15) is 5.56 Å². The summed E-state index contributed by atoms with van der Waals surface area (Å²) in [5.41, 5.74) is 5.78. The van der Waals surface area contributed by atoms with E-state index >= 15 is 0 Å². The SMILES string of the molecule is COc1ccc(-c2cc3ccncc3n2-c2ccc(C)cc2)cc1. The largest absolute Gasteiger partial charge is 0.497 e. The van der Waals surface area contributed by atoms with Gasteiger partial charge in [-0.3, -0.25) is 4.98 Å². The van der Waals surface area contributed by atoms with E-state index in [-0.39, 0.29) is 0 Å². The van der Waals surface area contributed by atoms with Gasteiger partial charge in [0.25, 0.3) is 0 Å². The number of methoxy groups -OCH3 is 1. The predicted molar refractivity (Wildman–Crippen MR) is 97.8 cm³/mol. The van der Waals surface area contributed by atoms with Crippen LogP contribution in [0.5, 0.6) is 5.75 Å². The van der Waals surface area contributed by atoms with Crippen molar-refractivity contribution < 1.29 is 4.74 Å². The molecule has 2 heterocycles. The van der Waals surface area contributed by atoms with Crippen molar-refractivity contribution in [2.75, 3.05) is 7.11 Å². The maximum atomic E-state index is 5.28. The van der Waals surface area contributed by atoms with Gasteiger partial charge in [0.1, 0.15) is 5.75 Å².